The molecule has 0 radical (unpaired) electrons. The molecule has 2 rings (SSSR count). The van der Waals surface area contributed by atoms with Crippen LogP contribution < -0.4 is 10.6 Å². The van der Waals surface area contributed by atoms with E-state index in [1.807, 2.05) is 19.0 Å². The highest BCUT2D eigenvalue weighted by Gasteiger charge is 2.30. The van der Waals surface area contributed by atoms with E-state index in [2.05, 4.69) is 10.6 Å². The molecule has 1 fully saturated rings. The lowest BCUT2D eigenvalue weighted by Gasteiger charge is -2.27. The summed E-state index contributed by atoms with van der Waals surface area (Å²) in [5, 5.41) is 5.25. The van der Waals surface area contributed by atoms with Crippen molar-refractivity contribution in [1.29, 1.82) is 0 Å². The molecule has 0 unspecified atom stereocenters. The molecular formula is C18H25F2N3O2. The first-order chi connectivity index (χ1) is 11.9. The van der Waals surface area contributed by atoms with Crippen LogP contribution in [0.1, 0.15) is 25.7 Å². The van der Waals surface area contributed by atoms with E-state index in [-0.39, 0.29) is 17.7 Å². The number of anilines is 1. The number of nitrogens with zero attached hydrogens (tertiary/aromatic N) is 1. The topological polar surface area (TPSA) is 61.4 Å². The van der Waals surface area contributed by atoms with Gasteiger partial charge in [-0.2, -0.15) is 0 Å². The number of hydrogen-bond donors (Lipinski definition) is 2. The highest BCUT2D eigenvalue weighted by Crippen LogP contribution is 2.30. The molecule has 1 aromatic carbocycles. The van der Waals surface area contributed by atoms with Crippen molar-refractivity contribution < 1.29 is 18.4 Å². The van der Waals surface area contributed by atoms with Crippen LogP contribution in [0.4, 0.5) is 14.5 Å². The largest absolute Gasteiger partial charge is 0.355 e. The summed E-state index contributed by atoms with van der Waals surface area (Å²) in [6.45, 7) is 1.37. The predicted molar refractivity (Wildman–Crippen MR) is 92.0 cm³/mol. The first-order valence-electron chi connectivity index (χ1n) is 8.55. The second-order valence-corrected chi connectivity index (χ2v) is 6.73. The molecule has 1 saturated carbocycles. The van der Waals surface area contributed by atoms with Crippen molar-refractivity contribution in [2.75, 3.05) is 32.5 Å². The summed E-state index contributed by atoms with van der Waals surface area (Å²) in [4.78, 5) is 26.3. The van der Waals surface area contributed by atoms with Crippen molar-refractivity contribution >= 4 is 17.5 Å². The Morgan fingerprint density at radius 1 is 1.04 bits per heavy atom. The third-order valence-electron chi connectivity index (χ3n) is 4.54. The first kappa shape index (κ1) is 19.3. The monoisotopic (exact) mass is 353 g/mol. The van der Waals surface area contributed by atoms with Crippen LogP contribution in [-0.4, -0.2) is 43.9 Å². The number of hydrogen-bond acceptors (Lipinski definition) is 3. The second kappa shape index (κ2) is 8.89. The fourth-order valence-corrected chi connectivity index (χ4v) is 3.01. The van der Waals surface area contributed by atoms with E-state index in [1.165, 1.54) is 6.07 Å². The zero-order valence-electron chi connectivity index (χ0n) is 14.6. The number of likely N-dealkylation sites (N-methyl/N-ethyl adjacent to an activating group) is 1. The molecule has 5 nitrogen and oxygen atoms in total. The summed E-state index contributed by atoms with van der Waals surface area (Å²) >= 11 is 0. The summed E-state index contributed by atoms with van der Waals surface area (Å²) < 4.78 is 27.2. The van der Waals surface area contributed by atoms with Crippen LogP contribution in [0.5, 0.6) is 0 Å². The summed E-state index contributed by atoms with van der Waals surface area (Å²) in [7, 11) is 3.88. The molecule has 0 atom stereocenters. The predicted octanol–water partition coefficient (Wildman–Crippen LogP) is 2.39. The number of para-hydroxylation sites is 1. The van der Waals surface area contributed by atoms with Gasteiger partial charge in [-0.15, -0.1) is 0 Å². The molecular weight excluding hydrogens is 328 g/mol. The summed E-state index contributed by atoms with van der Waals surface area (Å²) in [5.74, 6) is -2.39. The zero-order valence-corrected chi connectivity index (χ0v) is 14.6. The molecule has 1 aliphatic carbocycles. The van der Waals surface area contributed by atoms with Gasteiger partial charge in [0.05, 0.1) is 0 Å². The molecule has 1 aliphatic rings. The van der Waals surface area contributed by atoms with Crippen molar-refractivity contribution in [2.24, 2.45) is 11.8 Å². The van der Waals surface area contributed by atoms with Crippen LogP contribution in [0, 0.1) is 23.5 Å². The fraction of sp³-hybridized carbons (Fsp3) is 0.556. The molecule has 0 aromatic heterocycles. The van der Waals surface area contributed by atoms with E-state index < -0.39 is 23.2 Å². The van der Waals surface area contributed by atoms with Crippen molar-refractivity contribution in [3.63, 3.8) is 0 Å². The van der Waals surface area contributed by atoms with Crippen molar-refractivity contribution in [1.82, 2.24) is 10.2 Å². The second-order valence-electron chi connectivity index (χ2n) is 6.73. The van der Waals surface area contributed by atoms with Crippen LogP contribution in [0.3, 0.4) is 0 Å². The highest BCUT2D eigenvalue weighted by molar-refractivity contribution is 5.93. The Bertz CT molecular complexity index is 594. The average molecular weight is 353 g/mol. The average Bonchev–Trinajstić information content (AvgIpc) is 2.58. The lowest BCUT2D eigenvalue weighted by Crippen LogP contribution is -2.38. The van der Waals surface area contributed by atoms with Gasteiger partial charge in [-0.25, -0.2) is 8.78 Å². The van der Waals surface area contributed by atoms with Gasteiger partial charge >= 0.3 is 0 Å². The van der Waals surface area contributed by atoms with Crippen LogP contribution >= 0.6 is 0 Å². The Morgan fingerprint density at radius 3 is 2.08 bits per heavy atom. The number of rotatable bonds is 6. The maximum Gasteiger partial charge on any atom is 0.227 e. The first-order valence-corrected chi connectivity index (χ1v) is 8.55. The maximum atomic E-state index is 13.6. The van der Waals surface area contributed by atoms with E-state index in [0.717, 1.165) is 18.7 Å². The van der Waals surface area contributed by atoms with Gasteiger partial charge in [0.2, 0.25) is 11.8 Å². The van der Waals surface area contributed by atoms with Crippen LogP contribution in [0.2, 0.25) is 0 Å². The summed E-state index contributed by atoms with van der Waals surface area (Å²) in [6.07, 6.45) is 2.28. The Labute approximate surface area is 146 Å². The minimum atomic E-state index is -0.790. The molecule has 0 heterocycles. The van der Waals surface area contributed by atoms with E-state index in [1.54, 1.807) is 0 Å². The summed E-state index contributed by atoms with van der Waals surface area (Å²) in [5.41, 5.74) is -0.406. The lowest BCUT2D eigenvalue weighted by molar-refractivity contribution is -0.128. The molecule has 0 saturated heterocycles. The van der Waals surface area contributed by atoms with Crippen molar-refractivity contribution in [3.8, 4) is 0 Å². The normalized spacial score (nSPS) is 20.4. The fourth-order valence-electron chi connectivity index (χ4n) is 3.01. The third kappa shape index (κ3) is 5.49. The van der Waals surface area contributed by atoms with Crippen LogP contribution in [0.15, 0.2) is 18.2 Å². The van der Waals surface area contributed by atoms with Gasteiger partial charge < -0.3 is 15.5 Å². The molecule has 7 heteroatoms. The lowest BCUT2D eigenvalue weighted by atomic mass is 9.81. The van der Waals surface area contributed by atoms with E-state index in [4.69, 9.17) is 0 Å². The van der Waals surface area contributed by atoms with Gasteiger partial charge in [-0.1, -0.05) is 6.07 Å². The van der Waals surface area contributed by atoms with Gasteiger partial charge in [0, 0.05) is 24.9 Å². The number of nitrogens with one attached hydrogen (secondary N) is 2. The Hall–Kier alpha value is -2.02. The van der Waals surface area contributed by atoms with Gasteiger partial charge in [-0.3, -0.25) is 9.59 Å². The number of halogens is 2. The minimum Gasteiger partial charge on any atom is -0.355 e. The quantitative estimate of drug-likeness (QED) is 0.826. The molecule has 0 bridgehead atoms. The van der Waals surface area contributed by atoms with Gasteiger partial charge in [0.15, 0.2) is 0 Å². The van der Waals surface area contributed by atoms with Gasteiger partial charge in [0.1, 0.15) is 17.3 Å². The Morgan fingerprint density at radius 2 is 1.56 bits per heavy atom. The Kier molecular flexibility index (Phi) is 6.87. The summed E-state index contributed by atoms with van der Waals surface area (Å²) in [6, 6.07) is 3.46. The molecule has 0 aliphatic heterocycles. The SMILES string of the molecule is CN(C)CCNC(=O)C1CCC(C(=O)Nc2c(F)cccc2F)CC1. The molecule has 138 valence electrons. The number of carbonyl (C=O) groups is 2. The minimum absolute atomic E-state index is 0.0147. The van der Waals surface area contributed by atoms with Crippen LogP contribution in [-0.2, 0) is 9.59 Å². The van der Waals surface area contributed by atoms with E-state index in [9.17, 15) is 18.4 Å². The highest BCUT2D eigenvalue weighted by atomic mass is 19.1. The molecule has 1 aromatic rings. The van der Waals surface area contributed by atoms with E-state index in [0.29, 0.717) is 32.2 Å². The smallest absolute Gasteiger partial charge is 0.227 e. The zero-order chi connectivity index (χ0) is 18.4. The number of amides is 2. The van der Waals surface area contributed by atoms with Gasteiger partial charge in [-0.05, 0) is 51.9 Å². The molecule has 2 amide bonds. The van der Waals surface area contributed by atoms with E-state index >= 15 is 0 Å². The van der Waals surface area contributed by atoms with Crippen molar-refractivity contribution in [2.45, 2.75) is 25.7 Å². The third-order valence-corrected chi connectivity index (χ3v) is 4.54. The Balaban J connectivity index is 1.81. The number of benzene rings is 1. The molecule has 25 heavy (non-hydrogen) atoms. The maximum absolute atomic E-state index is 13.6. The molecule has 0 spiro atoms. The van der Waals surface area contributed by atoms with Gasteiger partial charge in [0.25, 0.3) is 0 Å². The number of carbonyl (C=O) groups excluding carboxylic acids is 2. The van der Waals surface area contributed by atoms with Crippen LogP contribution in [0.25, 0.3) is 0 Å². The molecule has 2 N–H and O–H groups in total. The van der Waals surface area contributed by atoms with Crippen molar-refractivity contribution in [3.05, 3.63) is 29.8 Å². The standard InChI is InChI=1S/C18H25F2N3O2/c1-23(2)11-10-21-17(24)12-6-8-13(9-7-12)18(25)22-16-14(19)4-3-5-15(16)20/h3-5,12-13H,6-11H2,1-2H3,(H,21,24)(H,22,25).